The number of carboxylic acids is 1. The van der Waals surface area contributed by atoms with Crippen LogP contribution in [0.5, 0.6) is 5.75 Å². The first-order valence-corrected chi connectivity index (χ1v) is 15.8. The van der Waals surface area contributed by atoms with E-state index < -0.39 is 46.8 Å². The van der Waals surface area contributed by atoms with Crippen LogP contribution in [-0.4, -0.2) is 93.9 Å². The molecule has 1 fully saturated rings. The number of thioether (sulfide) groups is 2. The van der Waals surface area contributed by atoms with E-state index >= 15 is 0 Å². The zero-order chi connectivity index (χ0) is 33.0. The molecule has 0 bridgehead atoms. The molecule has 47 heavy (non-hydrogen) atoms. The Balaban J connectivity index is 0.00000500. The van der Waals surface area contributed by atoms with Gasteiger partial charge in [0.1, 0.15) is 28.9 Å². The number of phenolic OH excluding ortho intramolecular Hbond substituents is 1. The minimum Gasteiger partial charge on any atom is -0.543 e. The molecule has 21 heteroatoms. The largest absolute Gasteiger partial charge is 1.00 e. The van der Waals surface area contributed by atoms with Crippen molar-refractivity contribution in [3.8, 4) is 5.75 Å². The molecule has 4 heterocycles. The van der Waals surface area contributed by atoms with Crippen molar-refractivity contribution in [1.29, 1.82) is 0 Å². The molecule has 2 aliphatic heterocycles. The molecule has 7 N–H and O–H groups in total. The topological polar surface area (TPSA) is 263 Å². The molecule has 0 saturated carbocycles. The van der Waals surface area contributed by atoms with Crippen molar-refractivity contribution in [1.82, 2.24) is 46.1 Å². The molecule has 0 aliphatic carbocycles. The molecule has 2 aromatic heterocycles. The van der Waals surface area contributed by atoms with Crippen LogP contribution in [0.15, 0.2) is 51.7 Å². The van der Waals surface area contributed by atoms with E-state index in [1.54, 1.807) is 0 Å². The molecule has 3 aromatic rings. The number of tetrazole rings is 1. The summed E-state index contributed by atoms with van der Waals surface area (Å²) in [5, 5.41) is 45.1. The van der Waals surface area contributed by atoms with Crippen molar-refractivity contribution in [2.24, 2.45) is 5.92 Å². The van der Waals surface area contributed by atoms with Crippen LogP contribution in [0.25, 0.3) is 0 Å². The van der Waals surface area contributed by atoms with Gasteiger partial charge in [0.25, 0.3) is 11.5 Å². The first kappa shape index (κ1) is 35.7. The molecule has 18 nitrogen and oxygen atoms in total. The number of nitrogens with zero attached hydrogens (tertiary/aromatic N) is 5. The number of hydrogen-bond acceptors (Lipinski definition) is 14. The Bertz CT molecular complexity index is 1720. The third-order valence-corrected chi connectivity index (χ3v) is 8.99. The van der Waals surface area contributed by atoms with Crippen LogP contribution in [0.3, 0.4) is 0 Å². The SMILES string of the molecule is CC(C)CNc1ncc(NC(=O)N[C@@H](C(=O)NC2C(=O)N3C(C(=O)[O-])=C(CSc4nn[nH]n4)CS[C@H]23)c2ccc(O)cc2)c(=O)[nH]1.[Na+]. The fourth-order valence-corrected chi connectivity index (χ4v) is 6.74. The van der Waals surface area contributed by atoms with Gasteiger partial charge in [0.15, 0.2) is 0 Å². The Morgan fingerprint density at radius 3 is 2.60 bits per heavy atom. The fraction of sp³-hybridized carbons (Fsp3) is 0.346. The molecule has 1 unspecified atom stereocenters. The number of aromatic hydroxyl groups is 1. The number of urea groups is 1. The van der Waals surface area contributed by atoms with E-state index in [2.05, 4.69) is 51.9 Å². The summed E-state index contributed by atoms with van der Waals surface area (Å²) in [6, 6.07) is 2.00. The summed E-state index contributed by atoms with van der Waals surface area (Å²) >= 11 is 2.38. The molecule has 0 spiro atoms. The smallest absolute Gasteiger partial charge is 0.543 e. The fourth-order valence-electron chi connectivity index (χ4n) is 4.52. The van der Waals surface area contributed by atoms with Gasteiger partial charge in [0, 0.05) is 18.1 Å². The maximum absolute atomic E-state index is 13.5. The van der Waals surface area contributed by atoms with Crippen molar-refractivity contribution < 1.29 is 58.9 Å². The Morgan fingerprint density at radius 2 is 1.96 bits per heavy atom. The van der Waals surface area contributed by atoms with E-state index in [0.29, 0.717) is 23.2 Å². The number of fused-ring (bicyclic) bond motifs is 1. The number of nitrogens with one attached hydrogen (secondary N) is 6. The van der Waals surface area contributed by atoms with Gasteiger partial charge in [-0.2, -0.15) is 5.21 Å². The third kappa shape index (κ3) is 8.44. The molecule has 1 aromatic carbocycles. The Morgan fingerprint density at radius 1 is 1.21 bits per heavy atom. The predicted molar refractivity (Wildman–Crippen MR) is 163 cm³/mol. The Hall–Kier alpha value is -4.11. The van der Waals surface area contributed by atoms with Gasteiger partial charge in [0.2, 0.25) is 17.0 Å². The number of benzene rings is 1. The van der Waals surface area contributed by atoms with Gasteiger partial charge < -0.3 is 36.3 Å². The van der Waals surface area contributed by atoms with Crippen molar-refractivity contribution in [2.45, 2.75) is 36.5 Å². The summed E-state index contributed by atoms with van der Waals surface area (Å²) < 4.78 is 0. The van der Waals surface area contributed by atoms with Crippen LogP contribution in [-0.2, 0) is 14.4 Å². The molecular weight excluding hydrogens is 665 g/mol. The number of carbonyl (C=O) groups excluding carboxylic acids is 4. The van der Waals surface area contributed by atoms with Crippen LogP contribution in [0, 0.1) is 5.92 Å². The molecule has 4 amide bonds. The average molecular weight is 694 g/mol. The number of amides is 4. The van der Waals surface area contributed by atoms with Crippen LogP contribution in [0.2, 0.25) is 0 Å². The standard InChI is InChI=1S/C26H29N11O7S2.Na/c1-11(2)7-27-24-28-8-15(19(39)32-24)29-25(44)31-16(12-3-5-14(38)6-4-12)20(40)30-17-21(41)37-18(23(42)43)13(9-45-22(17)37)10-46-26-33-35-36-34-26;/h3-6,8,11,16-17,22,38H,7,9-10H2,1-2H3,(H,30,40)(H,42,43)(H2,29,31,44)(H2,27,28,32,39)(H,33,34,35,36);/q;+1/p-1/t16-,17?,22-;/m1./s1. The molecule has 1 saturated heterocycles. The van der Waals surface area contributed by atoms with Crippen molar-refractivity contribution in [3.63, 3.8) is 0 Å². The minimum absolute atomic E-state index is 0. The maximum atomic E-state index is 13.5. The van der Waals surface area contributed by atoms with E-state index in [0.717, 1.165) is 22.9 Å². The zero-order valence-electron chi connectivity index (χ0n) is 25.3. The van der Waals surface area contributed by atoms with Gasteiger partial charge in [-0.25, -0.2) is 9.78 Å². The molecular formula is C26H28N11NaO7S2. The zero-order valence-corrected chi connectivity index (χ0v) is 28.9. The van der Waals surface area contributed by atoms with Gasteiger partial charge >= 0.3 is 35.6 Å². The molecule has 2 aliphatic rings. The molecule has 3 atom stereocenters. The van der Waals surface area contributed by atoms with Gasteiger partial charge in [-0.3, -0.25) is 24.3 Å². The first-order valence-electron chi connectivity index (χ1n) is 13.8. The summed E-state index contributed by atoms with van der Waals surface area (Å²) in [6.07, 6.45) is 1.16. The number of H-pyrrole nitrogens is 2. The number of rotatable bonds is 12. The number of β-lactam (4-membered cyclic amide) rings is 1. The molecule has 5 rings (SSSR count). The van der Waals surface area contributed by atoms with E-state index in [1.807, 2.05) is 13.8 Å². The molecule has 0 radical (unpaired) electrons. The summed E-state index contributed by atoms with van der Waals surface area (Å²) in [4.78, 5) is 71.9. The normalized spacial score (nSPS) is 17.6. The quantitative estimate of drug-likeness (QED) is 0.0544. The Kier molecular flexibility index (Phi) is 11.9. The van der Waals surface area contributed by atoms with E-state index in [9.17, 15) is 34.2 Å². The number of anilines is 2. The number of carboxylic acid groups (broad SMARTS) is 1. The summed E-state index contributed by atoms with van der Waals surface area (Å²) in [6.45, 7) is 4.53. The van der Waals surface area contributed by atoms with Crippen LogP contribution in [0.4, 0.5) is 16.4 Å². The van der Waals surface area contributed by atoms with Gasteiger partial charge in [-0.05, 0) is 34.4 Å². The third-order valence-electron chi connectivity index (χ3n) is 6.73. The first-order chi connectivity index (χ1) is 22.0. The summed E-state index contributed by atoms with van der Waals surface area (Å²) in [5.74, 6) is -2.19. The van der Waals surface area contributed by atoms with Gasteiger partial charge in [-0.1, -0.05) is 37.7 Å². The second-order valence-electron chi connectivity index (χ2n) is 10.5. The molecule has 242 valence electrons. The van der Waals surface area contributed by atoms with Gasteiger partial charge in [0.05, 0.1) is 17.9 Å². The number of carbonyl (C=O) groups is 4. The number of aromatic amines is 2. The number of aliphatic carboxylic acids is 1. The van der Waals surface area contributed by atoms with Crippen LogP contribution >= 0.6 is 23.5 Å². The monoisotopic (exact) mass is 693 g/mol. The average Bonchev–Trinajstić information content (AvgIpc) is 3.55. The van der Waals surface area contributed by atoms with Crippen LogP contribution in [0.1, 0.15) is 25.5 Å². The van der Waals surface area contributed by atoms with Gasteiger partial charge in [-0.15, -0.1) is 22.0 Å². The Labute approximate surface area is 297 Å². The van der Waals surface area contributed by atoms with Crippen molar-refractivity contribution in [2.75, 3.05) is 28.7 Å². The van der Waals surface area contributed by atoms with E-state index in [4.69, 9.17) is 0 Å². The second kappa shape index (κ2) is 15.7. The number of hydrogen-bond donors (Lipinski definition) is 7. The summed E-state index contributed by atoms with van der Waals surface area (Å²) in [5.41, 5.74) is -0.435. The minimum atomic E-state index is -1.54. The van der Waals surface area contributed by atoms with Crippen molar-refractivity contribution >= 4 is 59.0 Å². The summed E-state index contributed by atoms with van der Waals surface area (Å²) in [7, 11) is 0. The van der Waals surface area contributed by atoms with Crippen molar-refractivity contribution in [3.05, 3.63) is 57.6 Å². The van der Waals surface area contributed by atoms with E-state index in [1.165, 1.54) is 36.0 Å². The maximum Gasteiger partial charge on any atom is 1.00 e. The predicted octanol–water partition coefficient (Wildman–Crippen LogP) is -3.88. The second-order valence-corrected chi connectivity index (χ2v) is 12.5. The number of phenols is 1. The number of aromatic nitrogens is 6. The van der Waals surface area contributed by atoms with E-state index in [-0.39, 0.29) is 69.7 Å². The van der Waals surface area contributed by atoms with Crippen LogP contribution < -0.4 is 61.5 Å².